The van der Waals surface area contributed by atoms with Gasteiger partial charge < -0.3 is 0 Å². The fraction of sp³-hybridized carbons (Fsp3) is 0.125. The van der Waals surface area contributed by atoms with Crippen molar-refractivity contribution >= 4 is 39.3 Å². The number of nitrogens with zero attached hydrogens (tertiary/aromatic N) is 1. The monoisotopic (exact) mass is 513 g/mol. The molecule has 9 nitrogen and oxygen atoms in total. The largest absolute Gasteiger partial charge is 0.289 e. The minimum Gasteiger partial charge on any atom is -0.289 e. The van der Waals surface area contributed by atoms with Crippen LogP contribution >= 0.6 is 11.6 Å². The van der Waals surface area contributed by atoms with Crippen molar-refractivity contribution in [2.45, 2.75) is 17.4 Å². The quantitative estimate of drug-likeness (QED) is 0.241. The minimum atomic E-state index is -4.18. The highest BCUT2D eigenvalue weighted by atomic mass is 35.5. The van der Waals surface area contributed by atoms with E-state index < -0.39 is 33.8 Å². The molecule has 1 heterocycles. The molecular weight excluding hydrogens is 494 g/mol. The normalized spacial score (nSPS) is 14.1. The zero-order valence-corrected chi connectivity index (χ0v) is 19.7. The third-order valence-electron chi connectivity index (χ3n) is 5.59. The van der Waals surface area contributed by atoms with E-state index in [0.29, 0.717) is 5.02 Å². The van der Waals surface area contributed by atoms with Crippen molar-refractivity contribution in [1.29, 1.82) is 0 Å². The summed E-state index contributed by atoms with van der Waals surface area (Å²) in [6.45, 7) is -0.234. The maximum absolute atomic E-state index is 12.9. The van der Waals surface area contributed by atoms with Gasteiger partial charge in [-0.1, -0.05) is 48.0 Å². The molecule has 0 spiro atoms. The van der Waals surface area contributed by atoms with E-state index in [1.807, 2.05) is 0 Å². The number of benzene rings is 3. The molecule has 1 unspecified atom stereocenters. The molecule has 3 aromatic carbocycles. The van der Waals surface area contributed by atoms with E-state index in [1.54, 1.807) is 48.5 Å². The fourth-order valence-corrected chi connectivity index (χ4v) is 5.10. The number of carbonyl (C=O) groups excluding carboxylic acids is 3. The Balaban J connectivity index is 1.48. The Labute approximate surface area is 206 Å². The predicted octanol–water partition coefficient (Wildman–Crippen LogP) is 2.85. The van der Waals surface area contributed by atoms with E-state index in [4.69, 9.17) is 16.8 Å². The molecule has 1 aliphatic rings. The van der Waals surface area contributed by atoms with Gasteiger partial charge in [0.1, 0.15) is 6.04 Å². The lowest BCUT2D eigenvalue weighted by Crippen LogP contribution is -2.47. The van der Waals surface area contributed by atoms with Gasteiger partial charge in [-0.3, -0.25) is 24.5 Å². The summed E-state index contributed by atoms with van der Waals surface area (Å²) >= 11 is 5.90. The molecule has 3 N–H and O–H groups in total. The second-order valence-corrected chi connectivity index (χ2v) is 9.93. The molecule has 0 fully saturated rings. The number of amides is 3. The Bertz CT molecular complexity index is 1360. The van der Waals surface area contributed by atoms with Crippen LogP contribution < -0.4 is 10.2 Å². The summed E-state index contributed by atoms with van der Waals surface area (Å²) in [6.07, 6.45) is -0.250. The Morgan fingerprint density at radius 3 is 1.91 bits per heavy atom. The van der Waals surface area contributed by atoms with Crippen LogP contribution in [0.2, 0.25) is 5.02 Å². The molecule has 0 radical (unpaired) electrons. The lowest BCUT2D eigenvalue weighted by Gasteiger charge is -2.20. The van der Waals surface area contributed by atoms with Crippen molar-refractivity contribution in [3.8, 4) is 11.1 Å². The Hall–Kier alpha value is -3.57. The van der Waals surface area contributed by atoms with Crippen molar-refractivity contribution in [1.82, 2.24) is 15.1 Å². The van der Waals surface area contributed by atoms with Crippen molar-refractivity contribution in [3.05, 3.63) is 88.9 Å². The predicted molar refractivity (Wildman–Crippen MR) is 127 cm³/mol. The molecule has 0 saturated heterocycles. The molecule has 1 atom stereocenters. The molecule has 180 valence electrons. The van der Waals surface area contributed by atoms with Gasteiger partial charge in [-0.15, -0.1) is 0 Å². The molecule has 0 aromatic heterocycles. The number of hydrogen-bond acceptors (Lipinski definition) is 6. The van der Waals surface area contributed by atoms with E-state index in [0.717, 1.165) is 16.0 Å². The van der Waals surface area contributed by atoms with Gasteiger partial charge in [0.25, 0.3) is 17.7 Å². The van der Waals surface area contributed by atoms with Crippen LogP contribution in [0.5, 0.6) is 0 Å². The molecule has 11 heteroatoms. The van der Waals surface area contributed by atoms with Gasteiger partial charge in [-0.25, -0.2) is 13.9 Å². The lowest BCUT2D eigenvalue weighted by molar-refractivity contribution is -0.131. The van der Waals surface area contributed by atoms with Crippen LogP contribution in [0, 0.1) is 0 Å². The Morgan fingerprint density at radius 2 is 1.40 bits per heavy atom. The van der Waals surface area contributed by atoms with Gasteiger partial charge in [0, 0.05) is 11.6 Å². The fourth-order valence-electron chi connectivity index (χ4n) is 3.75. The summed E-state index contributed by atoms with van der Waals surface area (Å²) < 4.78 is 28.1. The van der Waals surface area contributed by atoms with Gasteiger partial charge in [-0.05, 0) is 53.9 Å². The zero-order chi connectivity index (χ0) is 25.2. The third-order valence-corrected chi connectivity index (χ3v) is 7.33. The van der Waals surface area contributed by atoms with Gasteiger partial charge in [0.2, 0.25) is 10.0 Å². The summed E-state index contributed by atoms with van der Waals surface area (Å²) in [5.41, 5.74) is 3.50. The van der Waals surface area contributed by atoms with Gasteiger partial charge in [0.05, 0.1) is 16.0 Å². The molecule has 3 aromatic rings. The maximum atomic E-state index is 12.9. The van der Waals surface area contributed by atoms with Crippen LogP contribution in [-0.2, 0) is 14.8 Å². The van der Waals surface area contributed by atoms with Gasteiger partial charge in [0.15, 0.2) is 0 Å². The van der Waals surface area contributed by atoms with Crippen molar-refractivity contribution < 1.29 is 28.0 Å². The van der Waals surface area contributed by atoms with Gasteiger partial charge in [-0.2, -0.15) is 4.72 Å². The SMILES string of the molecule is O=C(NO)C(CCN1C(=O)c2ccccc2C1=O)NS(=O)(=O)c1ccc(-c2ccc(Cl)cc2)cc1. The lowest BCUT2D eigenvalue weighted by atomic mass is 10.1. The molecule has 3 amide bonds. The first-order valence-corrected chi connectivity index (χ1v) is 12.3. The maximum Gasteiger partial charge on any atom is 0.261 e. The number of nitrogens with one attached hydrogen (secondary N) is 2. The number of hydrogen-bond donors (Lipinski definition) is 3. The summed E-state index contributed by atoms with van der Waals surface area (Å²) in [6, 6.07) is 17.9. The molecule has 0 aliphatic carbocycles. The van der Waals surface area contributed by atoms with E-state index in [2.05, 4.69) is 4.72 Å². The molecule has 0 saturated carbocycles. The first kappa shape index (κ1) is 24.6. The first-order valence-electron chi connectivity index (χ1n) is 10.5. The number of carbonyl (C=O) groups is 3. The summed E-state index contributed by atoms with van der Waals surface area (Å²) in [5, 5.41) is 9.68. The standard InChI is InChI=1S/C24H20ClN3O6S/c25-17-9-5-15(6-10-17)16-7-11-18(12-8-16)35(33,34)27-21(22(29)26-32)13-14-28-23(30)19-3-1-2-4-20(19)24(28)31/h1-12,21,27,32H,13-14H2,(H,26,29). The van der Waals surface area contributed by atoms with Crippen LogP contribution in [0.3, 0.4) is 0 Å². The van der Waals surface area contributed by atoms with Crippen LogP contribution in [-0.4, -0.2) is 48.8 Å². The second-order valence-electron chi connectivity index (χ2n) is 7.78. The van der Waals surface area contributed by atoms with Crippen molar-refractivity contribution in [3.63, 3.8) is 0 Å². The number of halogens is 1. The first-order chi connectivity index (χ1) is 16.7. The molecule has 0 bridgehead atoms. The number of imide groups is 1. The summed E-state index contributed by atoms with van der Waals surface area (Å²) in [5.74, 6) is -2.09. The number of rotatable bonds is 8. The molecule has 1 aliphatic heterocycles. The average Bonchev–Trinajstić information content (AvgIpc) is 3.11. The molecule has 35 heavy (non-hydrogen) atoms. The average molecular weight is 514 g/mol. The number of hydroxylamine groups is 1. The molecule has 4 rings (SSSR count). The van der Waals surface area contributed by atoms with E-state index in [1.165, 1.54) is 29.7 Å². The topological polar surface area (TPSA) is 133 Å². The highest BCUT2D eigenvalue weighted by molar-refractivity contribution is 7.89. The second kappa shape index (κ2) is 9.96. The van der Waals surface area contributed by atoms with Crippen molar-refractivity contribution in [2.75, 3.05) is 6.54 Å². The highest BCUT2D eigenvalue weighted by Gasteiger charge is 2.36. The summed E-state index contributed by atoms with van der Waals surface area (Å²) in [7, 11) is -4.18. The van der Waals surface area contributed by atoms with Crippen LogP contribution in [0.4, 0.5) is 0 Å². The van der Waals surface area contributed by atoms with Crippen molar-refractivity contribution in [2.24, 2.45) is 0 Å². The van der Waals surface area contributed by atoms with Crippen LogP contribution in [0.25, 0.3) is 11.1 Å². The van der Waals surface area contributed by atoms with E-state index in [9.17, 15) is 22.8 Å². The molecular formula is C24H20ClN3O6S. The third kappa shape index (κ3) is 5.10. The minimum absolute atomic E-state index is 0.105. The van der Waals surface area contributed by atoms with Crippen LogP contribution in [0.15, 0.2) is 77.7 Å². The smallest absolute Gasteiger partial charge is 0.261 e. The Morgan fingerprint density at radius 1 is 0.886 bits per heavy atom. The van der Waals surface area contributed by atoms with E-state index in [-0.39, 0.29) is 29.0 Å². The van der Waals surface area contributed by atoms with E-state index >= 15 is 0 Å². The summed E-state index contributed by atoms with van der Waals surface area (Å²) in [4.78, 5) is 38.1. The Kier molecular flexibility index (Phi) is 6.99. The van der Waals surface area contributed by atoms with Gasteiger partial charge >= 0.3 is 0 Å². The number of sulfonamides is 1. The van der Waals surface area contributed by atoms with Crippen LogP contribution in [0.1, 0.15) is 27.1 Å². The zero-order valence-electron chi connectivity index (χ0n) is 18.1. The number of fused-ring (bicyclic) bond motifs is 1. The highest BCUT2D eigenvalue weighted by Crippen LogP contribution is 2.24.